The lowest BCUT2D eigenvalue weighted by atomic mass is 10.1. The summed E-state index contributed by atoms with van der Waals surface area (Å²) < 4.78 is 40.6. The number of amides is 3. The molecule has 0 aliphatic heterocycles. The number of carbonyl (C=O) groups is 3. The zero-order valence-electron chi connectivity index (χ0n) is 16.6. The molecule has 2 N–H and O–H groups in total. The second kappa shape index (κ2) is 9.95. The fourth-order valence-electron chi connectivity index (χ4n) is 3.49. The van der Waals surface area contributed by atoms with Gasteiger partial charge in [0.1, 0.15) is 6.54 Å². The summed E-state index contributed by atoms with van der Waals surface area (Å²) in [5.74, 6) is -1.87. The number of thiophene rings is 1. The van der Waals surface area contributed by atoms with E-state index in [1.54, 1.807) is 17.5 Å². The lowest BCUT2D eigenvalue weighted by Gasteiger charge is -2.26. The minimum atomic E-state index is -4.71. The fraction of sp³-hybridized carbons (Fsp3) is 0.381. The van der Waals surface area contributed by atoms with E-state index in [2.05, 4.69) is 10.6 Å². The third kappa shape index (κ3) is 6.06. The molecule has 6 nitrogen and oxygen atoms in total. The molecule has 1 aliphatic carbocycles. The van der Waals surface area contributed by atoms with Crippen molar-refractivity contribution in [2.45, 2.75) is 37.9 Å². The number of carbonyl (C=O) groups excluding carboxylic acids is 3. The molecule has 166 valence electrons. The van der Waals surface area contributed by atoms with Crippen molar-refractivity contribution in [2.75, 3.05) is 18.0 Å². The monoisotopic (exact) mass is 453 g/mol. The summed E-state index contributed by atoms with van der Waals surface area (Å²) in [5.41, 5.74) is -1.45. The van der Waals surface area contributed by atoms with Gasteiger partial charge in [-0.05, 0) is 36.4 Å². The zero-order chi connectivity index (χ0) is 22.4. The highest BCUT2D eigenvalue weighted by molar-refractivity contribution is 7.12. The molecule has 1 aromatic heterocycles. The molecule has 3 rings (SSSR count). The first-order valence-corrected chi connectivity index (χ1v) is 10.7. The number of hydrogen-bond donors (Lipinski definition) is 2. The van der Waals surface area contributed by atoms with Crippen molar-refractivity contribution >= 4 is 34.7 Å². The van der Waals surface area contributed by atoms with Crippen LogP contribution in [0.15, 0.2) is 41.8 Å². The predicted molar refractivity (Wildman–Crippen MR) is 111 cm³/mol. The molecule has 1 aromatic carbocycles. The number of halogens is 3. The van der Waals surface area contributed by atoms with Gasteiger partial charge in [-0.2, -0.15) is 13.2 Å². The smallest absolute Gasteiger partial charge is 0.352 e. The van der Waals surface area contributed by atoms with Crippen LogP contribution < -0.4 is 15.5 Å². The molecule has 31 heavy (non-hydrogen) atoms. The van der Waals surface area contributed by atoms with Crippen LogP contribution in [-0.2, 0) is 15.8 Å². The fourth-order valence-corrected chi connectivity index (χ4v) is 4.13. The summed E-state index contributed by atoms with van der Waals surface area (Å²) >= 11 is 1.17. The average molecular weight is 453 g/mol. The lowest BCUT2D eigenvalue weighted by molar-refractivity contribution is -0.137. The Morgan fingerprint density at radius 1 is 1.06 bits per heavy atom. The molecule has 1 saturated carbocycles. The van der Waals surface area contributed by atoms with Crippen LogP contribution in [-0.4, -0.2) is 36.9 Å². The van der Waals surface area contributed by atoms with Gasteiger partial charge >= 0.3 is 6.18 Å². The Bertz CT molecular complexity index is 925. The third-order valence-electron chi connectivity index (χ3n) is 4.97. The Morgan fingerprint density at radius 2 is 1.77 bits per heavy atom. The summed E-state index contributed by atoms with van der Waals surface area (Å²) in [7, 11) is 0. The van der Waals surface area contributed by atoms with Crippen molar-refractivity contribution in [1.29, 1.82) is 0 Å². The van der Waals surface area contributed by atoms with Crippen LogP contribution in [0, 0.1) is 0 Å². The number of rotatable bonds is 7. The van der Waals surface area contributed by atoms with Gasteiger partial charge in [-0.3, -0.25) is 14.4 Å². The largest absolute Gasteiger partial charge is 0.418 e. The number of hydrogen-bond acceptors (Lipinski definition) is 4. The quantitative estimate of drug-likeness (QED) is 0.673. The van der Waals surface area contributed by atoms with E-state index in [0.717, 1.165) is 42.7 Å². The Kier molecular flexibility index (Phi) is 7.32. The van der Waals surface area contributed by atoms with Gasteiger partial charge in [0.25, 0.3) is 5.91 Å². The van der Waals surface area contributed by atoms with Crippen molar-refractivity contribution in [3.8, 4) is 0 Å². The normalized spacial score (nSPS) is 14.3. The summed E-state index contributed by atoms with van der Waals surface area (Å²) in [6, 6.07) is 7.77. The van der Waals surface area contributed by atoms with Gasteiger partial charge in [-0.15, -0.1) is 11.3 Å². The number of benzene rings is 1. The van der Waals surface area contributed by atoms with Gasteiger partial charge in [0, 0.05) is 6.04 Å². The van der Waals surface area contributed by atoms with Gasteiger partial charge in [-0.25, -0.2) is 0 Å². The van der Waals surface area contributed by atoms with Crippen molar-refractivity contribution in [3.63, 3.8) is 0 Å². The summed E-state index contributed by atoms with van der Waals surface area (Å²) in [5, 5.41) is 6.88. The Balaban J connectivity index is 1.79. The summed E-state index contributed by atoms with van der Waals surface area (Å²) in [6.45, 7) is -1.11. The second-order valence-electron chi connectivity index (χ2n) is 7.20. The minimum absolute atomic E-state index is 0.0409. The molecule has 0 unspecified atom stereocenters. The van der Waals surface area contributed by atoms with E-state index >= 15 is 0 Å². The maximum absolute atomic E-state index is 13.5. The van der Waals surface area contributed by atoms with E-state index in [9.17, 15) is 27.6 Å². The Labute approximate surface area is 181 Å². The number of nitrogens with zero attached hydrogens (tertiary/aromatic N) is 1. The highest BCUT2D eigenvalue weighted by atomic mass is 32.1. The van der Waals surface area contributed by atoms with Crippen LogP contribution in [0.25, 0.3) is 0 Å². The van der Waals surface area contributed by atoms with Gasteiger partial charge in [0.15, 0.2) is 0 Å². The molecule has 3 amide bonds. The molecule has 0 bridgehead atoms. The molecule has 0 atom stereocenters. The average Bonchev–Trinajstić information content (AvgIpc) is 3.43. The first-order chi connectivity index (χ1) is 14.8. The van der Waals surface area contributed by atoms with E-state index in [4.69, 9.17) is 0 Å². The molecule has 1 aliphatic rings. The lowest BCUT2D eigenvalue weighted by Crippen LogP contribution is -2.47. The molecule has 1 fully saturated rings. The highest BCUT2D eigenvalue weighted by Gasteiger charge is 2.36. The van der Waals surface area contributed by atoms with Crippen molar-refractivity contribution < 1.29 is 27.6 Å². The third-order valence-corrected chi connectivity index (χ3v) is 5.84. The van der Waals surface area contributed by atoms with Crippen LogP contribution in [0.5, 0.6) is 0 Å². The van der Waals surface area contributed by atoms with Crippen molar-refractivity contribution in [2.24, 2.45) is 0 Å². The van der Waals surface area contributed by atoms with E-state index in [-0.39, 0.29) is 6.04 Å². The maximum Gasteiger partial charge on any atom is 0.418 e. The Hall–Kier alpha value is -2.88. The maximum atomic E-state index is 13.5. The number of para-hydroxylation sites is 1. The first kappa shape index (κ1) is 22.8. The van der Waals surface area contributed by atoms with Crippen LogP contribution in [0.1, 0.15) is 40.9 Å². The first-order valence-electron chi connectivity index (χ1n) is 9.83. The van der Waals surface area contributed by atoms with E-state index in [1.165, 1.54) is 23.5 Å². The molecular formula is C21H22F3N3O3S. The van der Waals surface area contributed by atoms with Gasteiger partial charge in [0.2, 0.25) is 11.8 Å². The van der Waals surface area contributed by atoms with Gasteiger partial charge < -0.3 is 15.5 Å². The van der Waals surface area contributed by atoms with Crippen molar-refractivity contribution in [3.05, 3.63) is 52.2 Å². The molecular weight excluding hydrogens is 431 g/mol. The molecule has 0 spiro atoms. The van der Waals surface area contributed by atoms with Crippen LogP contribution >= 0.6 is 11.3 Å². The molecule has 1 heterocycles. The highest BCUT2D eigenvalue weighted by Crippen LogP contribution is 2.36. The topological polar surface area (TPSA) is 78.5 Å². The van der Waals surface area contributed by atoms with Gasteiger partial charge in [-0.1, -0.05) is 31.0 Å². The van der Waals surface area contributed by atoms with E-state index < -0.39 is 48.2 Å². The van der Waals surface area contributed by atoms with Crippen LogP contribution in [0.2, 0.25) is 0 Å². The Morgan fingerprint density at radius 3 is 2.42 bits per heavy atom. The SMILES string of the molecule is O=C(CN(C(=O)CNC(=O)c1cccs1)c1ccccc1C(F)(F)F)NC1CCCC1. The standard InChI is InChI=1S/C21H22F3N3O3S/c22-21(23,24)15-8-3-4-9-16(15)27(13-18(28)26-14-6-1-2-7-14)19(29)12-25-20(30)17-10-5-11-31-17/h3-5,8-11,14H,1-2,6-7,12-13H2,(H,25,30)(H,26,28). The second-order valence-corrected chi connectivity index (χ2v) is 8.15. The minimum Gasteiger partial charge on any atom is -0.352 e. The number of nitrogens with one attached hydrogen (secondary N) is 2. The van der Waals surface area contributed by atoms with Gasteiger partial charge in [0.05, 0.1) is 22.7 Å². The molecule has 0 saturated heterocycles. The van der Waals surface area contributed by atoms with E-state index in [1.807, 2.05) is 0 Å². The van der Waals surface area contributed by atoms with E-state index in [0.29, 0.717) is 4.88 Å². The van der Waals surface area contributed by atoms with Crippen molar-refractivity contribution in [1.82, 2.24) is 10.6 Å². The summed E-state index contributed by atoms with van der Waals surface area (Å²) in [6.07, 6.45) is -1.17. The predicted octanol–water partition coefficient (Wildman–Crippen LogP) is 3.59. The molecule has 10 heteroatoms. The number of anilines is 1. The number of alkyl halides is 3. The molecule has 0 radical (unpaired) electrons. The zero-order valence-corrected chi connectivity index (χ0v) is 17.4. The van der Waals surface area contributed by atoms with Crippen LogP contribution in [0.3, 0.4) is 0 Å². The summed E-state index contributed by atoms with van der Waals surface area (Å²) in [4.78, 5) is 38.6. The molecule has 2 aromatic rings. The van der Waals surface area contributed by atoms with Crippen LogP contribution in [0.4, 0.5) is 18.9 Å².